The Bertz CT molecular complexity index is 593. The highest BCUT2D eigenvalue weighted by Gasteiger charge is 2.25. The average Bonchev–Trinajstić information content (AvgIpc) is 2.55. The number of esters is 1. The number of hydrogen-bond acceptors (Lipinski definition) is 6. The number of nitriles is 1. The summed E-state index contributed by atoms with van der Waals surface area (Å²) in [5, 5.41) is 8.93. The van der Waals surface area contributed by atoms with E-state index in [9.17, 15) is 13.2 Å². The number of thiophene rings is 1. The van der Waals surface area contributed by atoms with E-state index in [2.05, 4.69) is 0 Å². The maximum absolute atomic E-state index is 11.6. The predicted molar refractivity (Wildman–Crippen MR) is 62.8 cm³/mol. The Labute approximate surface area is 104 Å². The summed E-state index contributed by atoms with van der Waals surface area (Å²) >= 11 is 0.781. The predicted octanol–water partition coefficient (Wildman–Crippen LogP) is 1.51. The fourth-order valence-electron chi connectivity index (χ4n) is 1.27. The van der Waals surface area contributed by atoms with Gasteiger partial charge in [-0.1, -0.05) is 0 Å². The molecular weight excluding hydrogens is 262 g/mol. The van der Waals surface area contributed by atoms with Gasteiger partial charge in [0.15, 0.2) is 9.84 Å². The third kappa shape index (κ3) is 2.65. The second-order valence-electron chi connectivity index (χ2n) is 3.32. The maximum atomic E-state index is 11.6. The molecule has 0 aliphatic carbocycles. The minimum absolute atomic E-state index is 0.0283. The SMILES string of the molecule is CCOC(=O)c1sc(S(C)(=O)=O)c(C#N)c1C. The van der Waals surface area contributed by atoms with Gasteiger partial charge in [-0.2, -0.15) is 5.26 Å². The Hall–Kier alpha value is -1.39. The molecule has 1 aromatic rings. The van der Waals surface area contributed by atoms with Crippen LogP contribution in [0, 0.1) is 18.3 Å². The Morgan fingerprint density at radius 3 is 2.47 bits per heavy atom. The van der Waals surface area contributed by atoms with Crippen molar-refractivity contribution >= 4 is 27.1 Å². The van der Waals surface area contributed by atoms with E-state index < -0.39 is 15.8 Å². The Kier molecular flexibility index (Phi) is 3.91. The summed E-state index contributed by atoms with van der Waals surface area (Å²) in [4.78, 5) is 11.7. The average molecular weight is 273 g/mol. The molecular formula is C10H11NO4S2. The molecule has 0 aromatic carbocycles. The van der Waals surface area contributed by atoms with Gasteiger partial charge in [0.05, 0.1) is 12.2 Å². The lowest BCUT2D eigenvalue weighted by Crippen LogP contribution is -2.03. The van der Waals surface area contributed by atoms with Crippen molar-refractivity contribution in [1.29, 1.82) is 5.26 Å². The number of nitrogens with zero attached hydrogens (tertiary/aromatic N) is 1. The van der Waals surface area contributed by atoms with Crippen molar-refractivity contribution in [2.45, 2.75) is 18.1 Å². The number of sulfone groups is 1. The smallest absolute Gasteiger partial charge is 0.348 e. The van der Waals surface area contributed by atoms with Crippen LogP contribution in [-0.4, -0.2) is 27.2 Å². The van der Waals surface area contributed by atoms with Crippen LogP contribution in [-0.2, 0) is 14.6 Å². The molecule has 0 saturated heterocycles. The van der Waals surface area contributed by atoms with E-state index in [0.717, 1.165) is 17.6 Å². The molecule has 0 N–H and O–H groups in total. The molecule has 0 aliphatic rings. The van der Waals surface area contributed by atoms with E-state index in [1.54, 1.807) is 6.92 Å². The van der Waals surface area contributed by atoms with E-state index >= 15 is 0 Å². The van der Waals surface area contributed by atoms with Crippen LogP contribution in [0.5, 0.6) is 0 Å². The Morgan fingerprint density at radius 2 is 2.12 bits per heavy atom. The summed E-state index contributed by atoms with van der Waals surface area (Å²) in [7, 11) is -3.51. The van der Waals surface area contributed by atoms with Gasteiger partial charge in [0, 0.05) is 6.26 Å². The van der Waals surface area contributed by atoms with E-state index in [1.807, 2.05) is 6.07 Å². The van der Waals surface area contributed by atoms with Crippen LogP contribution in [0.25, 0.3) is 0 Å². The molecule has 0 spiro atoms. The molecule has 92 valence electrons. The third-order valence-electron chi connectivity index (χ3n) is 2.02. The van der Waals surface area contributed by atoms with Gasteiger partial charge in [0.2, 0.25) is 0 Å². The molecule has 0 atom stereocenters. The van der Waals surface area contributed by atoms with Gasteiger partial charge in [-0.15, -0.1) is 11.3 Å². The van der Waals surface area contributed by atoms with E-state index in [1.165, 1.54) is 6.92 Å². The number of carbonyl (C=O) groups excluding carboxylic acids is 1. The van der Waals surface area contributed by atoms with Crippen LogP contribution < -0.4 is 0 Å². The normalized spacial score (nSPS) is 10.9. The molecule has 0 bridgehead atoms. The van der Waals surface area contributed by atoms with Crippen LogP contribution in [0.1, 0.15) is 27.7 Å². The summed E-state index contributed by atoms with van der Waals surface area (Å²) in [6, 6.07) is 1.81. The number of carbonyl (C=O) groups is 1. The van der Waals surface area contributed by atoms with Crippen LogP contribution in [0.4, 0.5) is 0 Å². The van der Waals surface area contributed by atoms with Crippen molar-refractivity contribution in [2.75, 3.05) is 12.9 Å². The van der Waals surface area contributed by atoms with Crippen molar-refractivity contribution in [3.8, 4) is 6.07 Å². The molecule has 0 amide bonds. The summed E-state index contributed by atoms with van der Waals surface area (Å²) in [6.07, 6.45) is 1.01. The van der Waals surface area contributed by atoms with Crippen molar-refractivity contribution < 1.29 is 17.9 Å². The van der Waals surface area contributed by atoms with Gasteiger partial charge in [0.1, 0.15) is 15.2 Å². The molecule has 0 radical (unpaired) electrons. The summed E-state index contributed by atoms with van der Waals surface area (Å²) in [5.41, 5.74) is 0.386. The van der Waals surface area contributed by atoms with Gasteiger partial charge < -0.3 is 4.74 Å². The molecule has 0 unspecified atom stereocenters. The number of hydrogen-bond donors (Lipinski definition) is 0. The highest BCUT2D eigenvalue weighted by atomic mass is 32.2. The van der Waals surface area contributed by atoms with Crippen LogP contribution in [0.3, 0.4) is 0 Å². The topological polar surface area (TPSA) is 84.2 Å². The molecule has 1 aromatic heterocycles. The first-order valence-corrected chi connectivity index (χ1v) is 7.44. The van der Waals surface area contributed by atoms with Crippen molar-refractivity contribution in [3.05, 3.63) is 16.0 Å². The summed E-state index contributed by atoms with van der Waals surface area (Å²) < 4.78 is 27.7. The molecule has 5 nitrogen and oxygen atoms in total. The number of ether oxygens (including phenoxy) is 1. The number of rotatable bonds is 3. The second-order valence-corrected chi connectivity index (χ2v) is 6.55. The zero-order valence-corrected chi connectivity index (χ0v) is 11.2. The molecule has 17 heavy (non-hydrogen) atoms. The molecule has 7 heteroatoms. The van der Waals surface area contributed by atoms with Gasteiger partial charge >= 0.3 is 5.97 Å². The third-order valence-corrected chi connectivity index (χ3v) is 5.13. The van der Waals surface area contributed by atoms with E-state index in [0.29, 0.717) is 5.56 Å². The largest absolute Gasteiger partial charge is 0.462 e. The minimum atomic E-state index is -3.51. The lowest BCUT2D eigenvalue weighted by Gasteiger charge is -1.98. The van der Waals surface area contributed by atoms with Gasteiger partial charge in [-0.25, -0.2) is 13.2 Å². The lowest BCUT2D eigenvalue weighted by atomic mass is 10.2. The van der Waals surface area contributed by atoms with E-state index in [4.69, 9.17) is 10.00 Å². The molecule has 0 saturated carbocycles. The van der Waals surface area contributed by atoms with Gasteiger partial charge in [-0.3, -0.25) is 0 Å². The van der Waals surface area contributed by atoms with Crippen molar-refractivity contribution in [2.24, 2.45) is 0 Å². The zero-order valence-electron chi connectivity index (χ0n) is 9.60. The fraction of sp³-hybridized carbons (Fsp3) is 0.400. The molecule has 0 aliphatic heterocycles. The van der Waals surface area contributed by atoms with Crippen LogP contribution >= 0.6 is 11.3 Å². The second kappa shape index (κ2) is 4.85. The maximum Gasteiger partial charge on any atom is 0.348 e. The quantitative estimate of drug-likeness (QED) is 0.779. The van der Waals surface area contributed by atoms with Gasteiger partial charge in [-0.05, 0) is 19.4 Å². The minimum Gasteiger partial charge on any atom is -0.462 e. The molecule has 1 heterocycles. The van der Waals surface area contributed by atoms with Crippen molar-refractivity contribution in [1.82, 2.24) is 0 Å². The monoisotopic (exact) mass is 273 g/mol. The Balaban J connectivity index is 3.45. The van der Waals surface area contributed by atoms with Crippen molar-refractivity contribution in [3.63, 3.8) is 0 Å². The molecule has 0 fully saturated rings. The zero-order chi connectivity index (χ0) is 13.2. The Morgan fingerprint density at radius 1 is 1.53 bits per heavy atom. The first-order chi connectivity index (χ1) is 7.82. The summed E-state index contributed by atoms with van der Waals surface area (Å²) in [5.74, 6) is -0.596. The lowest BCUT2D eigenvalue weighted by molar-refractivity contribution is 0.0531. The highest BCUT2D eigenvalue weighted by molar-refractivity contribution is 7.92. The van der Waals surface area contributed by atoms with Gasteiger partial charge in [0.25, 0.3) is 0 Å². The first-order valence-electron chi connectivity index (χ1n) is 4.73. The fourth-order valence-corrected chi connectivity index (χ4v) is 3.58. The molecule has 1 rings (SSSR count). The van der Waals surface area contributed by atoms with E-state index in [-0.39, 0.29) is 21.3 Å². The first kappa shape index (κ1) is 13.7. The standard InChI is InChI=1S/C10H11NO4S2/c1-4-15-9(12)8-6(2)7(5-11)10(16-8)17(3,13)14/h4H2,1-3H3. The highest BCUT2D eigenvalue weighted by Crippen LogP contribution is 2.31. The van der Waals surface area contributed by atoms with Crippen LogP contribution in [0.2, 0.25) is 0 Å². The summed E-state index contributed by atoms with van der Waals surface area (Å²) in [6.45, 7) is 3.39. The van der Waals surface area contributed by atoms with Crippen LogP contribution in [0.15, 0.2) is 4.21 Å².